The van der Waals surface area contributed by atoms with Crippen molar-refractivity contribution in [1.82, 2.24) is 4.98 Å². The fraction of sp³-hybridized carbons (Fsp3) is 0.333. The molecule has 26 heavy (non-hydrogen) atoms. The number of carbonyl (C=O) groups is 1. The molecule has 2 heterocycles. The van der Waals surface area contributed by atoms with Crippen LogP contribution in [0.15, 0.2) is 30.3 Å². The van der Waals surface area contributed by atoms with Gasteiger partial charge in [0, 0.05) is 12.0 Å². The van der Waals surface area contributed by atoms with Gasteiger partial charge in [-0.1, -0.05) is 12.1 Å². The van der Waals surface area contributed by atoms with E-state index in [-0.39, 0.29) is 43.4 Å². The monoisotopic (exact) mass is 362 g/mol. The van der Waals surface area contributed by atoms with Gasteiger partial charge in [-0.05, 0) is 30.7 Å². The van der Waals surface area contributed by atoms with Crippen molar-refractivity contribution < 1.29 is 28.9 Å². The number of ether oxygens (including phenoxy) is 2. The van der Waals surface area contributed by atoms with Crippen LogP contribution >= 0.6 is 0 Å². The largest absolute Gasteiger partial charge is 0.475 e. The van der Waals surface area contributed by atoms with Crippen LogP contribution in [0.3, 0.4) is 0 Å². The van der Waals surface area contributed by atoms with E-state index in [9.17, 15) is 14.3 Å². The summed E-state index contributed by atoms with van der Waals surface area (Å²) in [5.74, 6) is 0.0802. The SMILES string of the molecule is C[C@H]1COc2nc(OCCO)c(Cc3ccc(F)cc3)cc2N1C(=O)O. The number of anilines is 1. The maximum Gasteiger partial charge on any atom is 0.412 e. The van der Waals surface area contributed by atoms with Crippen LogP contribution in [-0.4, -0.2) is 47.2 Å². The molecule has 138 valence electrons. The van der Waals surface area contributed by atoms with Gasteiger partial charge in [-0.15, -0.1) is 0 Å². The highest BCUT2D eigenvalue weighted by Crippen LogP contribution is 2.37. The molecule has 0 radical (unpaired) electrons. The average Bonchev–Trinajstić information content (AvgIpc) is 2.61. The second kappa shape index (κ2) is 7.57. The number of aliphatic hydroxyl groups is 1. The number of aromatic nitrogens is 1. The Hall–Kier alpha value is -2.87. The Morgan fingerprint density at radius 3 is 2.81 bits per heavy atom. The molecule has 2 aromatic rings. The van der Waals surface area contributed by atoms with Crippen molar-refractivity contribution in [3.8, 4) is 11.8 Å². The number of benzene rings is 1. The molecule has 0 fully saturated rings. The Labute approximate surface area is 149 Å². The molecule has 1 aliphatic rings. The van der Waals surface area contributed by atoms with Crippen molar-refractivity contribution in [2.75, 3.05) is 24.7 Å². The van der Waals surface area contributed by atoms with E-state index in [1.807, 2.05) is 0 Å². The van der Waals surface area contributed by atoms with Crippen LogP contribution in [0, 0.1) is 5.82 Å². The average molecular weight is 362 g/mol. The summed E-state index contributed by atoms with van der Waals surface area (Å²) in [6, 6.07) is 7.28. The first kappa shape index (κ1) is 17.9. The Balaban J connectivity index is 2.02. The summed E-state index contributed by atoms with van der Waals surface area (Å²) in [5, 5.41) is 18.5. The summed E-state index contributed by atoms with van der Waals surface area (Å²) in [6.45, 7) is 1.78. The Morgan fingerprint density at radius 2 is 2.15 bits per heavy atom. The number of aliphatic hydroxyl groups excluding tert-OH is 1. The molecule has 3 rings (SSSR count). The van der Waals surface area contributed by atoms with E-state index in [0.717, 1.165) is 5.56 Å². The van der Waals surface area contributed by atoms with E-state index in [2.05, 4.69) is 4.98 Å². The van der Waals surface area contributed by atoms with E-state index in [1.54, 1.807) is 25.1 Å². The minimum absolute atomic E-state index is 0.0429. The van der Waals surface area contributed by atoms with Gasteiger partial charge in [0.2, 0.25) is 11.8 Å². The number of hydrogen-bond donors (Lipinski definition) is 2. The van der Waals surface area contributed by atoms with Gasteiger partial charge in [-0.2, -0.15) is 4.98 Å². The number of fused-ring (bicyclic) bond motifs is 1. The second-order valence-corrected chi connectivity index (χ2v) is 5.96. The van der Waals surface area contributed by atoms with Crippen molar-refractivity contribution >= 4 is 11.8 Å². The van der Waals surface area contributed by atoms with Crippen LogP contribution in [0.5, 0.6) is 11.8 Å². The molecule has 1 aromatic heterocycles. The number of hydrogen-bond acceptors (Lipinski definition) is 5. The van der Waals surface area contributed by atoms with Crippen molar-refractivity contribution in [2.45, 2.75) is 19.4 Å². The first-order valence-electron chi connectivity index (χ1n) is 8.16. The molecule has 1 aliphatic heterocycles. The lowest BCUT2D eigenvalue weighted by molar-refractivity contribution is 0.183. The molecule has 1 amide bonds. The Morgan fingerprint density at radius 1 is 1.42 bits per heavy atom. The predicted octanol–water partition coefficient (Wildman–Crippen LogP) is 2.45. The molecule has 0 saturated carbocycles. The highest BCUT2D eigenvalue weighted by Gasteiger charge is 2.32. The van der Waals surface area contributed by atoms with Gasteiger partial charge in [-0.25, -0.2) is 9.18 Å². The lowest BCUT2D eigenvalue weighted by Gasteiger charge is -2.32. The van der Waals surface area contributed by atoms with E-state index >= 15 is 0 Å². The summed E-state index contributed by atoms with van der Waals surface area (Å²) >= 11 is 0. The zero-order valence-electron chi connectivity index (χ0n) is 14.2. The first-order chi connectivity index (χ1) is 12.5. The molecule has 2 N–H and O–H groups in total. The summed E-state index contributed by atoms with van der Waals surface area (Å²) < 4.78 is 24.2. The zero-order valence-corrected chi connectivity index (χ0v) is 14.2. The third kappa shape index (κ3) is 3.70. The van der Waals surface area contributed by atoms with E-state index < -0.39 is 6.09 Å². The molecule has 0 spiro atoms. The van der Waals surface area contributed by atoms with Crippen LogP contribution in [-0.2, 0) is 6.42 Å². The van der Waals surface area contributed by atoms with Gasteiger partial charge in [0.15, 0.2) is 0 Å². The highest BCUT2D eigenvalue weighted by molar-refractivity contribution is 5.89. The van der Waals surface area contributed by atoms with Crippen molar-refractivity contribution in [3.63, 3.8) is 0 Å². The summed E-state index contributed by atoms with van der Waals surface area (Å²) in [4.78, 5) is 17.1. The predicted molar refractivity (Wildman–Crippen MR) is 91.5 cm³/mol. The van der Waals surface area contributed by atoms with E-state index in [1.165, 1.54) is 17.0 Å². The molecular weight excluding hydrogens is 343 g/mol. The molecule has 8 heteroatoms. The smallest absolute Gasteiger partial charge is 0.412 e. The van der Waals surface area contributed by atoms with Gasteiger partial charge in [0.25, 0.3) is 0 Å². The lowest BCUT2D eigenvalue weighted by Crippen LogP contribution is -2.44. The number of rotatable bonds is 5. The third-order valence-electron chi connectivity index (χ3n) is 4.01. The van der Waals surface area contributed by atoms with E-state index in [4.69, 9.17) is 14.6 Å². The topological polar surface area (TPSA) is 92.1 Å². The van der Waals surface area contributed by atoms with Crippen molar-refractivity contribution in [1.29, 1.82) is 0 Å². The number of pyridine rings is 1. The first-order valence-corrected chi connectivity index (χ1v) is 8.16. The van der Waals surface area contributed by atoms with Crippen molar-refractivity contribution in [3.05, 3.63) is 47.3 Å². The van der Waals surface area contributed by atoms with Gasteiger partial charge >= 0.3 is 6.09 Å². The van der Waals surface area contributed by atoms with Crippen LogP contribution in [0.2, 0.25) is 0 Å². The van der Waals surface area contributed by atoms with Crippen LogP contribution < -0.4 is 14.4 Å². The summed E-state index contributed by atoms with van der Waals surface area (Å²) in [5.41, 5.74) is 1.77. The minimum Gasteiger partial charge on any atom is -0.475 e. The van der Waals surface area contributed by atoms with Crippen LogP contribution in [0.1, 0.15) is 18.1 Å². The number of amides is 1. The molecule has 1 aromatic carbocycles. The normalized spacial score (nSPS) is 16.0. The minimum atomic E-state index is -1.10. The second-order valence-electron chi connectivity index (χ2n) is 5.96. The number of nitrogens with zero attached hydrogens (tertiary/aromatic N) is 2. The van der Waals surface area contributed by atoms with Gasteiger partial charge < -0.3 is 19.7 Å². The molecule has 0 aliphatic carbocycles. The summed E-state index contributed by atoms with van der Waals surface area (Å²) in [7, 11) is 0. The van der Waals surface area contributed by atoms with Gasteiger partial charge in [0.05, 0.1) is 12.6 Å². The standard InChI is InChI=1S/C18H19FN2O5/c1-11-10-26-17-15(21(11)18(23)24)9-13(16(20-17)25-7-6-22)8-12-2-4-14(19)5-3-12/h2-5,9,11,22H,6-8,10H2,1H3,(H,23,24)/t11-/m0/s1. The van der Waals surface area contributed by atoms with Crippen molar-refractivity contribution in [2.24, 2.45) is 0 Å². The quantitative estimate of drug-likeness (QED) is 0.849. The highest BCUT2D eigenvalue weighted by atomic mass is 19.1. The zero-order chi connectivity index (χ0) is 18.7. The fourth-order valence-electron chi connectivity index (χ4n) is 2.81. The summed E-state index contributed by atoms with van der Waals surface area (Å²) in [6.07, 6.45) is -0.732. The van der Waals surface area contributed by atoms with E-state index in [0.29, 0.717) is 17.7 Å². The molecule has 1 atom stereocenters. The third-order valence-corrected chi connectivity index (χ3v) is 4.01. The molecule has 0 saturated heterocycles. The molecule has 7 nitrogen and oxygen atoms in total. The Kier molecular flexibility index (Phi) is 5.22. The molecule has 0 unspecified atom stereocenters. The number of halogens is 1. The Bertz CT molecular complexity index is 797. The van der Waals surface area contributed by atoms with Gasteiger partial charge in [0.1, 0.15) is 24.7 Å². The van der Waals surface area contributed by atoms with Gasteiger partial charge in [-0.3, -0.25) is 4.90 Å². The molecule has 0 bridgehead atoms. The molecular formula is C18H19FN2O5. The van der Waals surface area contributed by atoms with Crippen LogP contribution in [0.4, 0.5) is 14.9 Å². The maximum absolute atomic E-state index is 13.1. The maximum atomic E-state index is 13.1. The number of carboxylic acid groups (broad SMARTS) is 1. The fourth-order valence-corrected chi connectivity index (χ4v) is 2.81. The lowest BCUT2D eigenvalue weighted by atomic mass is 10.0. The van der Waals surface area contributed by atoms with Crippen LogP contribution in [0.25, 0.3) is 0 Å².